The molecule has 1 saturated heterocycles. The van der Waals surface area contributed by atoms with Crippen LogP contribution in [-0.2, 0) is 16.1 Å². The zero-order valence-corrected chi connectivity index (χ0v) is 25.3. The zero-order chi connectivity index (χ0) is 29.5. The quantitative estimate of drug-likeness (QED) is 0.225. The number of nitrogens with zero attached hydrogens (tertiary/aromatic N) is 6. The Morgan fingerprint density at radius 1 is 1.10 bits per heavy atom. The molecule has 1 aliphatic heterocycles. The SMILES string of the molecule is CC[C@]1(C)C[C@@H](C(=O)Nc2nc(Br)ccc2C)N(C(=O)Cn2nc(C(C)=O)c3cc(-c4cnc(C)nc4)ccc32)C1. The number of anilines is 1. The number of pyridine rings is 1. The summed E-state index contributed by atoms with van der Waals surface area (Å²) in [5.74, 6) is 0.413. The van der Waals surface area contributed by atoms with Crippen LogP contribution in [0.1, 0.15) is 55.5 Å². The second-order valence-electron chi connectivity index (χ2n) is 11.0. The number of amides is 2. The summed E-state index contributed by atoms with van der Waals surface area (Å²) in [5, 5.41) is 8.11. The molecule has 3 aromatic heterocycles. The number of ketones is 1. The Kier molecular flexibility index (Phi) is 7.74. The van der Waals surface area contributed by atoms with Crippen LogP contribution in [0.4, 0.5) is 5.82 Å². The first kappa shape index (κ1) is 28.5. The molecule has 10 nitrogen and oxygen atoms in total. The molecule has 5 rings (SSSR count). The number of carbonyl (C=O) groups is 3. The van der Waals surface area contributed by atoms with E-state index in [0.29, 0.717) is 40.1 Å². The van der Waals surface area contributed by atoms with Gasteiger partial charge in [0.2, 0.25) is 11.8 Å². The number of hydrogen-bond donors (Lipinski definition) is 1. The molecule has 212 valence electrons. The van der Waals surface area contributed by atoms with Gasteiger partial charge in [0, 0.05) is 36.8 Å². The Balaban J connectivity index is 1.44. The second kappa shape index (κ2) is 11.1. The molecular formula is C30H32BrN7O3. The van der Waals surface area contributed by atoms with E-state index in [1.807, 2.05) is 44.2 Å². The topological polar surface area (TPSA) is 123 Å². The Morgan fingerprint density at radius 3 is 2.51 bits per heavy atom. The van der Waals surface area contributed by atoms with Crippen molar-refractivity contribution in [2.75, 3.05) is 11.9 Å². The van der Waals surface area contributed by atoms with Crippen molar-refractivity contribution in [3.8, 4) is 11.1 Å². The fraction of sp³-hybridized carbons (Fsp3) is 0.367. The third-order valence-electron chi connectivity index (χ3n) is 7.88. The molecule has 1 aromatic carbocycles. The smallest absolute Gasteiger partial charge is 0.248 e. The van der Waals surface area contributed by atoms with Crippen LogP contribution in [-0.4, -0.2) is 59.8 Å². The molecule has 1 fully saturated rings. The van der Waals surface area contributed by atoms with Gasteiger partial charge in [0.05, 0.1) is 5.52 Å². The number of carbonyl (C=O) groups excluding carboxylic acids is 3. The Hall–Kier alpha value is -3.99. The van der Waals surface area contributed by atoms with Crippen LogP contribution in [0.25, 0.3) is 22.0 Å². The maximum absolute atomic E-state index is 13.8. The van der Waals surface area contributed by atoms with Crippen LogP contribution in [0, 0.1) is 19.3 Å². The minimum atomic E-state index is -0.658. The van der Waals surface area contributed by atoms with E-state index in [4.69, 9.17) is 0 Å². The largest absolute Gasteiger partial charge is 0.328 e. The zero-order valence-electron chi connectivity index (χ0n) is 23.7. The lowest BCUT2D eigenvalue weighted by Crippen LogP contribution is -2.44. The van der Waals surface area contributed by atoms with E-state index < -0.39 is 6.04 Å². The molecule has 0 spiro atoms. The molecule has 11 heteroatoms. The number of likely N-dealkylation sites (tertiary alicyclic amines) is 1. The number of Topliss-reactive ketones (excluding diaryl/α,β-unsaturated/α-hetero) is 1. The summed E-state index contributed by atoms with van der Waals surface area (Å²) in [6, 6.07) is 8.65. The lowest BCUT2D eigenvalue weighted by atomic mass is 9.85. The highest BCUT2D eigenvalue weighted by molar-refractivity contribution is 9.10. The van der Waals surface area contributed by atoms with Crippen molar-refractivity contribution in [2.24, 2.45) is 5.41 Å². The Bertz CT molecular complexity index is 1670. The maximum atomic E-state index is 13.8. The van der Waals surface area contributed by atoms with E-state index in [-0.39, 0.29) is 35.3 Å². The van der Waals surface area contributed by atoms with Gasteiger partial charge in [-0.15, -0.1) is 0 Å². The summed E-state index contributed by atoms with van der Waals surface area (Å²) >= 11 is 3.36. The standard InChI is InChI=1S/C30H32BrN7O3/c1-6-30(5)12-24(29(41)35-28-17(2)7-10-25(31)34-28)37(16-30)26(40)15-38-23-9-8-20(21-13-32-19(4)33-14-21)11-22(23)27(36-38)18(3)39/h7-11,13-14,24H,6,12,15-16H2,1-5H3,(H,34,35,41)/t24-,30+/m0/s1. The number of nitrogens with one attached hydrogen (secondary N) is 1. The van der Waals surface area contributed by atoms with Gasteiger partial charge in [-0.25, -0.2) is 15.0 Å². The summed E-state index contributed by atoms with van der Waals surface area (Å²) in [5.41, 5.74) is 3.22. The number of hydrogen-bond acceptors (Lipinski definition) is 7. The van der Waals surface area contributed by atoms with Crippen molar-refractivity contribution in [3.63, 3.8) is 0 Å². The maximum Gasteiger partial charge on any atom is 0.248 e. The van der Waals surface area contributed by atoms with Gasteiger partial charge in [0.1, 0.15) is 34.5 Å². The van der Waals surface area contributed by atoms with Crippen LogP contribution in [0.2, 0.25) is 0 Å². The van der Waals surface area contributed by atoms with Crippen molar-refractivity contribution in [3.05, 3.63) is 64.4 Å². The monoisotopic (exact) mass is 617 g/mol. The lowest BCUT2D eigenvalue weighted by Gasteiger charge is -2.25. The Morgan fingerprint density at radius 2 is 1.83 bits per heavy atom. The molecule has 0 bridgehead atoms. The fourth-order valence-corrected chi connectivity index (χ4v) is 5.56. The fourth-order valence-electron chi connectivity index (χ4n) is 5.25. The third-order valence-corrected chi connectivity index (χ3v) is 8.32. The van der Waals surface area contributed by atoms with E-state index in [1.54, 1.807) is 22.0 Å². The molecule has 0 aliphatic carbocycles. The molecule has 0 unspecified atom stereocenters. The minimum absolute atomic E-state index is 0.103. The number of rotatable bonds is 7. The van der Waals surface area contributed by atoms with Gasteiger partial charge < -0.3 is 10.2 Å². The summed E-state index contributed by atoms with van der Waals surface area (Å²) in [6.07, 6.45) is 4.83. The molecule has 1 aliphatic rings. The lowest BCUT2D eigenvalue weighted by molar-refractivity contribution is -0.137. The number of fused-ring (bicyclic) bond motifs is 1. The average Bonchev–Trinajstić information content (AvgIpc) is 3.49. The first-order valence-corrected chi connectivity index (χ1v) is 14.3. The number of aryl methyl sites for hydroxylation is 2. The minimum Gasteiger partial charge on any atom is -0.328 e. The van der Waals surface area contributed by atoms with Crippen LogP contribution in [0.3, 0.4) is 0 Å². The summed E-state index contributed by atoms with van der Waals surface area (Å²) < 4.78 is 2.17. The molecular weight excluding hydrogens is 586 g/mol. The average molecular weight is 619 g/mol. The number of aromatic nitrogens is 5. The van der Waals surface area contributed by atoms with Gasteiger partial charge in [-0.05, 0) is 77.4 Å². The van der Waals surface area contributed by atoms with Crippen LogP contribution in [0.15, 0.2) is 47.3 Å². The van der Waals surface area contributed by atoms with Gasteiger partial charge in [-0.3, -0.25) is 19.1 Å². The predicted molar refractivity (Wildman–Crippen MR) is 159 cm³/mol. The molecule has 4 aromatic rings. The van der Waals surface area contributed by atoms with Gasteiger partial charge >= 0.3 is 0 Å². The number of benzene rings is 1. The van der Waals surface area contributed by atoms with E-state index in [0.717, 1.165) is 23.1 Å². The van der Waals surface area contributed by atoms with Gasteiger partial charge in [0.25, 0.3) is 0 Å². The van der Waals surface area contributed by atoms with Crippen molar-refractivity contribution in [1.82, 2.24) is 29.6 Å². The van der Waals surface area contributed by atoms with Crippen LogP contribution >= 0.6 is 15.9 Å². The normalized spacial score (nSPS) is 18.6. The predicted octanol–water partition coefficient (Wildman–Crippen LogP) is 5.13. The van der Waals surface area contributed by atoms with Crippen molar-refractivity contribution in [1.29, 1.82) is 0 Å². The van der Waals surface area contributed by atoms with E-state index in [1.165, 1.54) is 6.92 Å². The summed E-state index contributed by atoms with van der Waals surface area (Å²) in [4.78, 5) is 54.4. The highest BCUT2D eigenvalue weighted by Crippen LogP contribution is 2.38. The van der Waals surface area contributed by atoms with Gasteiger partial charge in [0.15, 0.2) is 5.78 Å². The van der Waals surface area contributed by atoms with Gasteiger partial charge in [-0.2, -0.15) is 5.10 Å². The Labute approximate surface area is 246 Å². The summed E-state index contributed by atoms with van der Waals surface area (Å²) in [7, 11) is 0. The highest BCUT2D eigenvalue weighted by Gasteiger charge is 2.45. The molecule has 1 N–H and O–H groups in total. The third kappa shape index (κ3) is 5.76. The van der Waals surface area contributed by atoms with Crippen molar-refractivity contribution >= 4 is 50.2 Å². The molecule has 2 atom stereocenters. The van der Waals surface area contributed by atoms with E-state index in [2.05, 4.69) is 55.1 Å². The molecule has 0 radical (unpaired) electrons. The number of halogens is 1. The van der Waals surface area contributed by atoms with Crippen LogP contribution in [0.5, 0.6) is 0 Å². The highest BCUT2D eigenvalue weighted by atomic mass is 79.9. The molecule has 4 heterocycles. The van der Waals surface area contributed by atoms with Crippen molar-refractivity contribution in [2.45, 2.75) is 60.0 Å². The first-order valence-electron chi connectivity index (χ1n) is 13.5. The van der Waals surface area contributed by atoms with Crippen LogP contribution < -0.4 is 5.32 Å². The molecule has 0 saturated carbocycles. The van der Waals surface area contributed by atoms with E-state index in [9.17, 15) is 14.4 Å². The molecule has 41 heavy (non-hydrogen) atoms. The molecule has 2 amide bonds. The van der Waals surface area contributed by atoms with Gasteiger partial charge in [-0.1, -0.05) is 26.0 Å². The van der Waals surface area contributed by atoms with Crippen molar-refractivity contribution < 1.29 is 14.4 Å². The first-order chi connectivity index (χ1) is 19.5. The summed E-state index contributed by atoms with van der Waals surface area (Å²) in [6.45, 7) is 9.65. The van der Waals surface area contributed by atoms with E-state index >= 15 is 0 Å². The second-order valence-corrected chi connectivity index (χ2v) is 11.8.